The summed E-state index contributed by atoms with van der Waals surface area (Å²) in [4.78, 5) is 3.75. The molecule has 2 aromatic rings. The Balaban J connectivity index is 1.50. The minimum absolute atomic E-state index is 0.0101. The SMILES string of the molecule is O=S(=O)(Nc1ncn[nH]1)c1ccc(S(=O)(=O)N2CC3(CCCC3)C2)cc1. The Morgan fingerprint density at radius 3 is 2.19 bits per heavy atom. The first-order valence-corrected chi connectivity index (χ1v) is 11.2. The third-order valence-electron chi connectivity index (χ3n) is 5.11. The van der Waals surface area contributed by atoms with Crippen LogP contribution in [0.3, 0.4) is 0 Å². The Labute approximate surface area is 151 Å². The molecule has 140 valence electrons. The Hall–Kier alpha value is -1.98. The van der Waals surface area contributed by atoms with Crippen molar-refractivity contribution in [3.63, 3.8) is 0 Å². The molecule has 2 heterocycles. The molecule has 11 heteroatoms. The Bertz CT molecular complexity index is 987. The second kappa shape index (κ2) is 6.03. The average Bonchev–Trinajstić information content (AvgIpc) is 3.24. The minimum Gasteiger partial charge on any atom is -0.248 e. The number of nitrogens with zero attached hydrogens (tertiary/aromatic N) is 3. The topological polar surface area (TPSA) is 125 Å². The number of nitrogens with one attached hydrogen (secondary N) is 2. The molecule has 0 atom stereocenters. The number of rotatable bonds is 5. The van der Waals surface area contributed by atoms with Crippen LogP contribution < -0.4 is 4.72 Å². The lowest BCUT2D eigenvalue weighted by atomic mass is 9.80. The molecule has 0 unspecified atom stereocenters. The number of aromatic amines is 1. The van der Waals surface area contributed by atoms with Crippen molar-refractivity contribution < 1.29 is 16.8 Å². The molecule has 2 fully saturated rings. The van der Waals surface area contributed by atoms with E-state index in [-0.39, 0.29) is 21.2 Å². The molecule has 2 N–H and O–H groups in total. The summed E-state index contributed by atoms with van der Waals surface area (Å²) in [6, 6.07) is 5.20. The van der Waals surface area contributed by atoms with Crippen molar-refractivity contribution in [1.82, 2.24) is 19.5 Å². The third-order valence-corrected chi connectivity index (χ3v) is 8.27. The second-order valence-corrected chi connectivity index (χ2v) is 10.5. The zero-order valence-corrected chi connectivity index (χ0v) is 15.6. The number of hydrogen-bond acceptors (Lipinski definition) is 6. The van der Waals surface area contributed by atoms with E-state index in [2.05, 4.69) is 19.9 Å². The van der Waals surface area contributed by atoms with E-state index < -0.39 is 20.0 Å². The molecule has 1 saturated carbocycles. The molecule has 1 saturated heterocycles. The Morgan fingerprint density at radius 2 is 1.62 bits per heavy atom. The first kappa shape index (κ1) is 17.4. The van der Waals surface area contributed by atoms with Gasteiger partial charge in [0.2, 0.25) is 16.0 Å². The highest BCUT2D eigenvalue weighted by Gasteiger charge is 2.49. The van der Waals surface area contributed by atoms with Crippen LogP contribution in [0.1, 0.15) is 25.7 Å². The molecular weight excluding hydrogens is 378 g/mol. The van der Waals surface area contributed by atoms with Gasteiger partial charge in [-0.2, -0.15) is 14.4 Å². The highest BCUT2D eigenvalue weighted by atomic mass is 32.2. The van der Waals surface area contributed by atoms with Gasteiger partial charge < -0.3 is 0 Å². The maximum Gasteiger partial charge on any atom is 0.264 e. The van der Waals surface area contributed by atoms with Crippen molar-refractivity contribution in [2.24, 2.45) is 5.41 Å². The number of hydrogen-bond donors (Lipinski definition) is 2. The first-order chi connectivity index (χ1) is 12.3. The van der Waals surface area contributed by atoms with E-state index in [1.807, 2.05) is 0 Å². The van der Waals surface area contributed by atoms with Gasteiger partial charge in [-0.1, -0.05) is 12.8 Å². The zero-order valence-electron chi connectivity index (χ0n) is 13.9. The number of sulfonamides is 2. The van der Waals surface area contributed by atoms with Crippen LogP contribution in [-0.4, -0.2) is 49.4 Å². The largest absolute Gasteiger partial charge is 0.264 e. The first-order valence-electron chi connectivity index (χ1n) is 8.29. The summed E-state index contributed by atoms with van der Waals surface area (Å²) in [6.07, 6.45) is 5.68. The summed E-state index contributed by atoms with van der Waals surface area (Å²) in [5.41, 5.74) is 0.164. The van der Waals surface area contributed by atoms with Gasteiger partial charge in [0.1, 0.15) is 6.33 Å². The van der Waals surface area contributed by atoms with Crippen LogP contribution in [-0.2, 0) is 20.0 Å². The van der Waals surface area contributed by atoms with Crippen LogP contribution in [0.5, 0.6) is 0 Å². The van der Waals surface area contributed by atoms with Gasteiger partial charge in [0, 0.05) is 13.1 Å². The zero-order chi connectivity index (χ0) is 18.4. The van der Waals surface area contributed by atoms with Gasteiger partial charge in [-0.05, 0) is 42.5 Å². The van der Waals surface area contributed by atoms with E-state index in [9.17, 15) is 16.8 Å². The molecule has 1 aromatic heterocycles. The van der Waals surface area contributed by atoms with E-state index in [1.165, 1.54) is 47.7 Å². The third kappa shape index (κ3) is 2.99. The summed E-state index contributed by atoms with van der Waals surface area (Å²) >= 11 is 0. The van der Waals surface area contributed by atoms with Crippen molar-refractivity contribution in [2.45, 2.75) is 35.5 Å². The summed E-state index contributed by atoms with van der Waals surface area (Å²) in [5, 5.41) is 5.96. The molecule has 26 heavy (non-hydrogen) atoms. The second-order valence-electron chi connectivity index (χ2n) is 6.89. The molecule has 0 radical (unpaired) electrons. The molecule has 1 aliphatic heterocycles. The van der Waals surface area contributed by atoms with Crippen LogP contribution in [0, 0.1) is 5.41 Å². The molecule has 0 amide bonds. The predicted molar refractivity (Wildman–Crippen MR) is 93.3 cm³/mol. The fourth-order valence-electron chi connectivity index (χ4n) is 3.69. The van der Waals surface area contributed by atoms with Crippen LogP contribution in [0.25, 0.3) is 0 Å². The molecule has 1 aliphatic carbocycles. The molecular formula is C15H19N5O4S2. The quantitative estimate of drug-likeness (QED) is 0.780. The Morgan fingerprint density at radius 1 is 1.00 bits per heavy atom. The lowest BCUT2D eigenvalue weighted by Gasteiger charge is -2.47. The Kier molecular flexibility index (Phi) is 4.04. The number of anilines is 1. The minimum atomic E-state index is -3.87. The highest BCUT2D eigenvalue weighted by Crippen LogP contribution is 2.47. The fraction of sp³-hybridized carbons (Fsp3) is 0.467. The number of H-pyrrole nitrogens is 1. The van der Waals surface area contributed by atoms with Crippen molar-refractivity contribution in [1.29, 1.82) is 0 Å². The van der Waals surface area contributed by atoms with Crippen LogP contribution in [0.15, 0.2) is 40.4 Å². The summed E-state index contributed by atoms with van der Waals surface area (Å²) < 4.78 is 53.7. The van der Waals surface area contributed by atoms with E-state index >= 15 is 0 Å². The van der Waals surface area contributed by atoms with E-state index in [1.54, 1.807) is 0 Å². The van der Waals surface area contributed by atoms with Crippen molar-refractivity contribution in [3.8, 4) is 0 Å². The lowest BCUT2D eigenvalue weighted by Crippen LogP contribution is -2.56. The monoisotopic (exact) mass is 397 g/mol. The van der Waals surface area contributed by atoms with Gasteiger partial charge >= 0.3 is 0 Å². The normalized spacial score (nSPS) is 20.2. The fourth-order valence-corrected chi connectivity index (χ4v) is 6.32. The maximum atomic E-state index is 12.7. The van der Waals surface area contributed by atoms with Gasteiger partial charge in [0.15, 0.2) is 0 Å². The smallest absolute Gasteiger partial charge is 0.248 e. The van der Waals surface area contributed by atoms with Gasteiger partial charge in [0.25, 0.3) is 10.0 Å². The average molecular weight is 397 g/mol. The standard InChI is InChI=1S/C15H19N5O4S2/c21-25(22,19-14-16-11-17-18-14)12-3-5-13(6-4-12)26(23,24)20-9-15(10-20)7-1-2-8-15/h3-6,11H,1-2,7-10H2,(H2,16,17,18,19). The lowest BCUT2D eigenvalue weighted by molar-refractivity contribution is 0.0777. The van der Waals surface area contributed by atoms with Crippen LogP contribution >= 0.6 is 0 Å². The van der Waals surface area contributed by atoms with E-state index in [4.69, 9.17) is 0 Å². The molecule has 0 bridgehead atoms. The van der Waals surface area contributed by atoms with Gasteiger partial charge in [-0.25, -0.2) is 26.7 Å². The summed E-state index contributed by atoms with van der Waals surface area (Å²) in [6.45, 7) is 1.12. The van der Waals surface area contributed by atoms with Gasteiger partial charge in [-0.3, -0.25) is 0 Å². The summed E-state index contributed by atoms with van der Waals surface area (Å²) in [5.74, 6) is -0.0101. The molecule has 2 aliphatic rings. The van der Waals surface area contributed by atoms with Crippen LogP contribution in [0.2, 0.25) is 0 Å². The van der Waals surface area contributed by atoms with E-state index in [0.717, 1.165) is 12.8 Å². The van der Waals surface area contributed by atoms with Crippen molar-refractivity contribution in [3.05, 3.63) is 30.6 Å². The maximum absolute atomic E-state index is 12.7. The highest BCUT2D eigenvalue weighted by molar-refractivity contribution is 7.92. The van der Waals surface area contributed by atoms with E-state index in [0.29, 0.717) is 13.1 Å². The van der Waals surface area contributed by atoms with Crippen molar-refractivity contribution in [2.75, 3.05) is 17.8 Å². The van der Waals surface area contributed by atoms with Gasteiger partial charge in [-0.15, -0.1) is 0 Å². The summed E-state index contributed by atoms with van der Waals surface area (Å²) in [7, 11) is -7.46. The van der Waals surface area contributed by atoms with Gasteiger partial charge in [0.05, 0.1) is 9.79 Å². The number of benzene rings is 1. The number of aromatic nitrogens is 3. The molecule has 9 nitrogen and oxygen atoms in total. The van der Waals surface area contributed by atoms with Crippen molar-refractivity contribution >= 4 is 26.0 Å². The molecule has 1 spiro atoms. The predicted octanol–water partition coefficient (Wildman–Crippen LogP) is 1.17. The van der Waals surface area contributed by atoms with Crippen LogP contribution in [0.4, 0.5) is 5.95 Å². The molecule has 4 rings (SSSR count). The molecule has 1 aromatic carbocycles.